The Morgan fingerprint density at radius 1 is 1.15 bits per heavy atom. The van der Waals surface area contributed by atoms with Gasteiger partial charge in [0.25, 0.3) is 11.5 Å². The number of carbonyl (C=O) groups excluding carboxylic acids is 1. The summed E-state index contributed by atoms with van der Waals surface area (Å²) in [4.78, 5) is 32.2. The van der Waals surface area contributed by atoms with Gasteiger partial charge in [-0.05, 0) is 51.1 Å². The molecule has 1 aliphatic rings. The minimum Gasteiger partial charge on any atom is -0.464 e. The molecule has 5 rings (SSSR count). The number of para-hydroxylation sites is 1. The second kappa shape index (κ2) is 8.42. The molecule has 1 N–H and O–H groups in total. The summed E-state index contributed by atoms with van der Waals surface area (Å²) in [7, 11) is 1.84. The van der Waals surface area contributed by atoms with Gasteiger partial charge in [-0.3, -0.25) is 18.8 Å². The average Bonchev–Trinajstić information content (AvgIpc) is 3.45. The van der Waals surface area contributed by atoms with E-state index in [1.165, 1.54) is 11.3 Å². The molecule has 4 aromatic rings. The summed E-state index contributed by atoms with van der Waals surface area (Å²) in [6, 6.07) is 12.1. The molecule has 1 aromatic carbocycles. The predicted octanol–water partition coefficient (Wildman–Crippen LogP) is 2.82. The fraction of sp³-hybridized carbons (Fsp3) is 0.200. The Morgan fingerprint density at radius 2 is 1.91 bits per heavy atom. The first-order valence-corrected chi connectivity index (χ1v) is 11.6. The third kappa shape index (κ3) is 3.84. The van der Waals surface area contributed by atoms with Crippen LogP contribution in [0.25, 0.3) is 6.08 Å². The van der Waals surface area contributed by atoms with Gasteiger partial charge in [0.15, 0.2) is 4.80 Å². The number of aromatic nitrogens is 3. The lowest BCUT2D eigenvalue weighted by molar-refractivity contribution is -0.113. The van der Waals surface area contributed by atoms with E-state index < -0.39 is 6.04 Å². The Bertz CT molecular complexity index is 1620. The van der Waals surface area contributed by atoms with Crippen LogP contribution in [0.2, 0.25) is 0 Å². The lowest BCUT2D eigenvalue weighted by atomic mass is 10.00. The highest BCUT2D eigenvalue weighted by molar-refractivity contribution is 7.07. The van der Waals surface area contributed by atoms with Crippen molar-refractivity contribution >= 4 is 29.0 Å². The van der Waals surface area contributed by atoms with Gasteiger partial charge in [0, 0.05) is 24.5 Å². The first-order valence-electron chi connectivity index (χ1n) is 10.8. The quantitative estimate of drug-likeness (QED) is 0.493. The molecule has 1 atom stereocenters. The summed E-state index contributed by atoms with van der Waals surface area (Å²) >= 11 is 1.29. The van der Waals surface area contributed by atoms with E-state index in [2.05, 4.69) is 15.4 Å². The molecular weight excluding hydrogens is 450 g/mol. The molecule has 0 unspecified atom stereocenters. The van der Waals surface area contributed by atoms with Gasteiger partial charge in [-0.2, -0.15) is 5.10 Å². The number of thiazole rings is 1. The normalized spacial score (nSPS) is 15.9. The van der Waals surface area contributed by atoms with Crippen LogP contribution in [0.4, 0.5) is 5.69 Å². The number of carbonyl (C=O) groups is 1. The number of amides is 1. The van der Waals surface area contributed by atoms with Crippen molar-refractivity contribution in [1.82, 2.24) is 14.3 Å². The molecule has 0 spiro atoms. The van der Waals surface area contributed by atoms with Crippen LogP contribution >= 0.6 is 11.3 Å². The van der Waals surface area contributed by atoms with Crippen molar-refractivity contribution in [3.8, 4) is 0 Å². The zero-order valence-corrected chi connectivity index (χ0v) is 20.0. The number of nitrogens with zero attached hydrogens (tertiary/aromatic N) is 4. The molecule has 0 radical (unpaired) electrons. The topological polar surface area (TPSA) is 94.4 Å². The molecular formula is C25H23N5O3S. The van der Waals surface area contributed by atoms with Crippen molar-refractivity contribution in [2.24, 2.45) is 12.0 Å². The summed E-state index contributed by atoms with van der Waals surface area (Å²) < 4.78 is 9.70. The molecule has 0 bridgehead atoms. The highest BCUT2D eigenvalue weighted by Crippen LogP contribution is 2.31. The van der Waals surface area contributed by atoms with Crippen molar-refractivity contribution in [2.45, 2.75) is 26.8 Å². The maximum Gasteiger partial charge on any atom is 0.271 e. The highest BCUT2D eigenvalue weighted by Gasteiger charge is 2.34. The smallest absolute Gasteiger partial charge is 0.271 e. The zero-order valence-electron chi connectivity index (χ0n) is 19.2. The second-order valence-electron chi connectivity index (χ2n) is 8.19. The summed E-state index contributed by atoms with van der Waals surface area (Å²) in [6.45, 7) is 5.51. The zero-order chi connectivity index (χ0) is 24.0. The third-order valence-electron chi connectivity index (χ3n) is 5.67. The van der Waals surface area contributed by atoms with Gasteiger partial charge in [0.2, 0.25) is 0 Å². The van der Waals surface area contributed by atoms with Crippen molar-refractivity contribution in [2.75, 3.05) is 5.32 Å². The molecule has 3 aromatic heterocycles. The predicted molar refractivity (Wildman–Crippen MR) is 130 cm³/mol. The van der Waals surface area contributed by atoms with Gasteiger partial charge in [0.05, 0.1) is 21.5 Å². The van der Waals surface area contributed by atoms with Crippen LogP contribution in [0.3, 0.4) is 0 Å². The molecule has 0 fully saturated rings. The summed E-state index contributed by atoms with van der Waals surface area (Å²) in [5.41, 5.74) is 3.02. The Kier molecular flexibility index (Phi) is 5.41. The Hall–Kier alpha value is -3.98. The van der Waals surface area contributed by atoms with Crippen molar-refractivity contribution < 1.29 is 9.21 Å². The van der Waals surface area contributed by atoms with E-state index in [1.54, 1.807) is 22.2 Å². The van der Waals surface area contributed by atoms with Crippen molar-refractivity contribution in [3.63, 3.8) is 0 Å². The van der Waals surface area contributed by atoms with E-state index in [1.807, 2.05) is 69.6 Å². The molecule has 1 aliphatic heterocycles. The second-order valence-corrected chi connectivity index (χ2v) is 9.20. The number of hydrogen-bond acceptors (Lipinski definition) is 6. The van der Waals surface area contributed by atoms with Gasteiger partial charge in [0.1, 0.15) is 17.6 Å². The van der Waals surface area contributed by atoms with E-state index in [4.69, 9.17) is 4.42 Å². The molecule has 9 heteroatoms. The number of anilines is 1. The van der Waals surface area contributed by atoms with Gasteiger partial charge in [-0.1, -0.05) is 29.5 Å². The monoisotopic (exact) mass is 473 g/mol. The van der Waals surface area contributed by atoms with Crippen molar-refractivity contribution in [3.05, 3.63) is 102 Å². The van der Waals surface area contributed by atoms with Crippen LogP contribution in [0.15, 0.2) is 74.1 Å². The van der Waals surface area contributed by atoms with E-state index >= 15 is 0 Å². The van der Waals surface area contributed by atoms with Crippen LogP contribution in [-0.2, 0) is 11.8 Å². The maximum atomic E-state index is 13.6. The number of nitrogens with one attached hydrogen (secondary N) is 1. The van der Waals surface area contributed by atoms with Gasteiger partial charge >= 0.3 is 0 Å². The summed E-state index contributed by atoms with van der Waals surface area (Å²) in [5, 5.41) is 7.28. The Morgan fingerprint density at radius 3 is 2.56 bits per heavy atom. The summed E-state index contributed by atoms with van der Waals surface area (Å²) in [5.74, 6) is 0.875. The first kappa shape index (κ1) is 21.8. The number of allylic oxidation sites excluding steroid dienone is 1. The molecule has 0 saturated carbocycles. The van der Waals surface area contributed by atoms with Crippen LogP contribution in [0, 0.1) is 13.8 Å². The number of benzene rings is 1. The standard InChI is InChI=1S/C25H23N5O3S/c1-14-10-11-19(33-14)22-21(23(31)27-18-8-6-5-7-9-18)16(3)26-25-30(22)24(32)20(34-25)12-17-13-29(4)28-15(17)2/h5-13,22H,1-4H3,(H,27,31)/b20-12+/t22-/m0/s1. The number of aryl methyl sites for hydroxylation is 3. The third-order valence-corrected chi connectivity index (χ3v) is 6.65. The van der Waals surface area contributed by atoms with Crippen LogP contribution in [0.1, 0.15) is 35.7 Å². The minimum atomic E-state index is -0.731. The molecule has 8 nitrogen and oxygen atoms in total. The number of fused-ring (bicyclic) bond motifs is 1. The van der Waals surface area contributed by atoms with Crippen LogP contribution in [-0.4, -0.2) is 20.3 Å². The lowest BCUT2D eigenvalue weighted by Gasteiger charge is -2.23. The largest absolute Gasteiger partial charge is 0.464 e. The number of rotatable bonds is 4. The van der Waals surface area contributed by atoms with E-state index in [0.29, 0.717) is 37.8 Å². The van der Waals surface area contributed by atoms with Gasteiger partial charge < -0.3 is 9.73 Å². The number of furan rings is 1. The highest BCUT2D eigenvalue weighted by atomic mass is 32.1. The molecule has 0 aliphatic carbocycles. The molecule has 4 heterocycles. The fourth-order valence-electron chi connectivity index (χ4n) is 4.10. The Balaban J connectivity index is 1.68. The maximum absolute atomic E-state index is 13.6. The molecule has 172 valence electrons. The number of hydrogen-bond donors (Lipinski definition) is 1. The minimum absolute atomic E-state index is 0.233. The fourth-order valence-corrected chi connectivity index (χ4v) is 5.14. The average molecular weight is 474 g/mol. The van der Waals surface area contributed by atoms with Gasteiger partial charge in [-0.15, -0.1) is 0 Å². The molecule has 1 amide bonds. The van der Waals surface area contributed by atoms with E-state index in [-0.39, 0.29) is 11.5 Å². The SMILES string of the molecule is CC1=C(C(=O)Nc2ccccc2)[C@H](c2ccc(C)o2)n2c(s/c(=C/c3cn(C)nc3C)c2=O)=N1. The van der Waals surface area contributed by atoms with E-state index in [0.717, 1.165) is 11.3 Å². The molecule has 0 saturated heterocycles. The van der Waals surface area contributed by atoms with Crippen molar-refractivity contribution in [1.29, 1.82) is 0 Å². The van der Waals surface area contributed by atoms with Crippen LogP contribution in [0.5, 0.6) is 0 Å². The van der Waals surface area contributed by atoms with Crippen LogP contribution < -0.4 is 20.2 Å². The lowest BCUT2D eigenvalue weighted by Crippen LogP contribution is -2.40. The summed E-state index contributed by atoms with van der Waals surface area (Å²) in [6.07, 6.45) is 3.69. The molecule has 34 heavy (non-hydrogen) atoms. The van der Waals surface area contributed by atoms with E-state index in [9.17, 15) is 9.59 Å². The first-order chi connectivity index (χ1) is 16.3. The Labute approximate surface area is 199 Å². The van der Waals surface area contributed by atoms with Gasteiger partial charge in [-0.25, -0.2) is 4.99 Å².